The Morgan fingerprint density at radius 2 is 1.53 bits per heavy atom. The molecule has 0 N–H and O–H groups in total. The summed E-state index contributed by atoms with van der Waals surface area (Å²) in [5.41, 5.74) is 1.18. The normalized spacial score (nSPS) is 14.4. The number of hydrogen-bond donors (Lipinski definition) is 0. The van der Waals surface area contributed by atoms with E-state index in [1.165, 1.54) is 38.4 Å². The molecule has 176 valence electrons. The zero-order valence-corrected chi connectivity index (χ0v) is 19.3. The minimum Gasteiger partial charge on any atom is -0.456 e. The van der Waals surface area contributed by atoms with Crippen molar-refractivity contribution in [2.75, 3.05) is 14.1 Å². The van der Waals surface area contributed by atoms with Gasteiger partial charge >= 0.3 is 5.97 Å². The SMILES string of the molecule is CN(C)S(=O)(=O)c1ccc(COC(=O)[C@H](Cc2ccccc2)N2C(=O)c3ccccc3C2=O)o1. The lowest BCUT2D eigenvalue weighted by Gasteiger charge is -2.24. The van der Waals surface area contributed by atoms with Crippen LogP contribution in [0.2, 0.25) is 0 Å². The standard InChI is InChI=1S/C24H22N2O7S/c1-25(2)34(30,31)21-13-12-17(33-21)15-32-24(29)20(14-16-8-4-3-5-9-16)26-22(27)18-10-6-7-11-19(18)23(26)28/h3-13,20H,14-15H2,1-2H3/t20-/m0/s1. The van der Waals surface area contributed by atoms with Crippen LogP contribution < -0.4 is 0 Å². The molecule has 0 radical (unpaired) electrons. The molecule has 9 nitrogen and oxygen atoms in total. The van der Waals surface area contributed by atoms with Crippen LogP contribution in [0.25, 0.3) is 0 Å². The van der Waals surface area contributed by atoms with Crippen LogP contribution in [0.1, 0.15) is 32.0 Å². The maximum atomic E-state index is 13.1. The molecule has 10 heteroatoms. The summed E-state index contributed by atoms with van der Waals surface area (Å²) in [4.78, 5) is 40.1. The van der Waals surface area contributed by atoms with Crippen molar-refractivity contribution >= 4 is 27.8 Å². The van der Waals surface area contributed by atoms with Crippen LogP contribution in [0.5, 0.6) is 0 Å². The molecule has 0 unspecified atom stereocenters. The lowest BCUT2D eigenvalue weighted by Crippen LogP contribution is -2.47. The third-order valence-electron chi connectivity index (χ3n) is 5.41. The van der Waals surface area contributed by atoms with Gasteiger partial charge in [0.05, 0.1) is 11.1 Å². The molecule has 0 saturated heterocycles. The fraction of sp³-hybridized carbons (Fsp3) is 0.208. The van der Waals surface area contributed by atoms with E-state index in [9.17, 15) is 22.8 Å². The van der Waals surface area contributed by atoms with Gasteiger partial charge in [0.2, 0.25) is 5.09 Å². The number of fused-ring (bicyclic) bond motifs is 1. The zero-order valence-electron chi connectivity index (χ0n) is 18.5. The van der Waals surface area contributed by atoms with Gasteiger partial charge in [-0.1, -0.05) is 42.5 Å². The van der Waals surface area contributed by atoms with E-state index in [1.807, 2.05) is 6.07 Å². The number of carbonyl (C=O) groups is 3. The summed E-state index contributed by atoms with van der Waals surface area (Å²) >= 11 is 0. The Bertz CT molecular complexity index is 1310. The molecule has 3 aromatic rings. The van der Waals surface area contributed by atoms with Crippen molar-refractivity contribution in [3.05, 3.63) is 89.2 Å². The molecule has 1 atom stereocenters. The number of imide groups is 1. The highest BCUT2D eigenvalue weighted by Gasteiger charge is 2.43. The molecular formula is C24H22N2O7S. The number of rotatable bonds is 8. The molecule has 4 rings (SSSR count). The highest BCUT2D eigenvalue weighted by atomic mass is 32.2. The van der Waals surface area contributed by atoms with Crippen LogP contribution in [0.3, 0.4) is 0 Å². The maximum absolute atomic E-state index is 13.1. The van der Waals surface area contributed by atoms with Crippen molar-refractivity contribution in [2.45, 2.75) is 24.2 Å². The predicted molar refractivity (Wildman–Crippen MR) is 120 cm³/mol. The fourth-order valence-corrected chi connectivity index (χ4v) is 4.41. The van der Waals surface area contributed by atoms with E-state index >= 15 is 0 Å². The molecule has 2 heterocycles. The van der Waals surface area contributed by atoms with E-state index in [-0.39, 0.29) is 35.0 Å². The third-order valence-corrected chi connectivity index (χ3v) is 7.10. The van der Waals surface area contributed by atoms with Crippen LogP contribution in [0, 0.1) is 0 Å². The summed E-state index contributed by atoms with van der Waals surface area (Å²) in [5, 5.41) is -0.287. The quantitative estimate of drug-likeness (QED) is 0.358. The van der Waals surface area contributed by atoms with E-state index in [0.29, 0.717) is 0 Å². The molecule has 0 aliphatic carbocycles. The third kappa shape index (κ3) is 4.37. The number of hydrogen-bond acceptors (Lipinski definition) is 7. The molecule has 1 aromatic heterocycles. The molecule has 2 aromatic carbocycles. The van der Waals surface area contributed by atoms with Crippen LogP contribution in [0.15, 0.2) is 76.2 Å². The molecular weight excluding hydrogens is 460 g/mol. The second kappa shape index (κ2) is 9.24. The average Bonchev–Trinajstić information content (AvgIpc) is 3.41. The summed E-state index contributed by atoms with van der Waals surface area (Å²) in [6, 6.07) is 16.8. The van der Waals surface area contributed by atoms with Gasteiger partial charge in [-0.15, -0.1) is 0 Å². The molecule has 0 spiro atoms. The van der Waals surface area contributed by atoms with E-state index < -0.39 is 33.8 Å². The smallest absolute Gasteiger partial charge is 0.330 e. The number of sulfonamides is 1. The largest absolute Gasteiger partial charge is 0.456 e. The first-order valence-corrected chi connectivity index (χ1v) is 11.8. The van der Waals surface area contributed by atoms with Crippen LogP contribution in [-0.2, 0) is 32.6 Å². The Morgan fingerprint density at radius 3 is 2.12 bits per heavy atom. The van der Waals surface area contributed by atoms with Crippen LogP contribution >= 0.6 is 0 Å². The van der Waals surface area contributed by atoms with Crippen LogP contribution in [0.4, 0.5) is 0 Å². The number of benzene rings is 2. The van der Waals surface area contributed by atoms with Crippen molar-refractivity contribution in [3.63, 3.8) is 0 Å². The number of esters is 1. The van der Waals surface area contributed by atoms with E-state index in [1.54, 1.807) is 36.4 Å². The van der Waals surface area contributed by atoms with Gasteiger partial charge in [0.1, 0.15) is 18.4 Å². The lowest BCUT2D eigenvalue weighted by molar-refractivity contribution is -0.150. The Morgan fingerprint density at radius 1 is 0.941 bits per heavy atom. The number of furan rings is 1. The van der Waals surface area contributed by atoms with Gasteiger partial charge in [-0.25, -0.2) is 17.5 Å². The highest BCUT2D eigenvalue weighted by molar-refractivity contribution is 7.88. The lowest BCUT2D eigenvalue weighted by atomic mass is 10.0. The van der Waals surface area contributed by atoms with Gasteiger partial charge in [0, 0.05) is 20.5 Å². The Hall–Kier alpha value is -3.76. The van der Waals surface area contributed by atoms with Gasteiger partial charge in [-0.2, -0.15) is 0 Å². The van der Waals surface area contributed by atoms with E-state index in [4.69, 9.17) is 9.15 Å². The van der Waals surface area contributed by atoms with Crippen LogP contribution in [-0.4, -0.2) is 55.5 Å². The molecule has 34 heavy (non-hydrogen) atoms. The summed E-state index contributed by atoms with van der Waals surface area (Å²) < 4.78 is 36.1. The van der Waals surface area contributed by atoms with Gasteiger partial charge < -0.3 is 9.15 Å². The molecule has 0 fully saturated rings. The number of ether oxygens (including phenoxy) is 1. The second-order valence-corrected chi connectivity index (χ2v) is 9.93. The Balaban J connectivity index is 1.57. The second-order valence-electron chi connectivity index (χ2n) is 7.85. The summed E-state index contributed by atoms with van der Waals surface area (Å²) in [6.45, 7) is -0.365. The number of amides is 2. The van der Waals surface area contributed by atoms with Crippen molar-refractivity contribution in [2.24, 2.45) is 0 Å². The van der Waals surface area contributed by atoms with Gasteiger partial charge in [0.25, 0.3) is 21.8 Å². The predicted octanol–water partition coefficient (Wildman–Crippen LogP) is 2.48. The summed E-state index contributed by atoms with van der Waals surface area (Å²) in [5.74, 6) is -1.85. The minimum absolute atomic E-state index is 0.0591. The maximum Gasteiger partial charge on any atom is 0.330 e. The monoisotopic (exact) mass is 482 g/mol. The summed E-state index contributed by atoms with van der Waals surface area (Å²) in [6.07, 6.45) is 0.0591. The van der Waals surface area contributed by atoms with Crippen molar-refractivity contribution in [1.82, 2.24) is 9.21 Å². The first-order valence-electron chi connectivity index (χ1n) is 10.4. The molecule has 1 aliphatic heterocycles. The molecule has 2 amide bonds. The van der Waals surface area contributed by atoms with Gasteiger partial charge in [0.15, 0.2) is 0 Å². The first kappa shape index (κ1) is 23.4. The van der Waals surface area contributed by atoms with Gasteiger partial charge in [-0.3, -0.25) is 14.5 Å². The average molecular weight is 483 g/mol. The van der Waals surface area contributed by atoms with Crippen molar-refractivity contribution in [1.29, 1.82) is 0 Å². The number of carbonyl (C=O) groups excluding carboxylic acids is 3. The summed E-state index contributed by atoms with van der Waals surface area (Å²) in [7, 11) is -1.04. The van der Waals surface area contributed by atoms with E-state index in [0.717, 1.165) is 14.8 Å². The topological polar surface area (TPSA) is 114 Å². The molecule has 1 aliphatic rings. The fourth-order valence-electron chi connectivity index (χ4n) is 3.60. The highest BCUT2D eigenvalue weighted by Crippen LogP contribution is 2.27. The van der Waals surface area contributed by atoms with Gasteiger partial charge in [-0.05, 0) is 29.8 Å². The van der Waals surface area contributed by atoms with E-state index in [2.05, 4.69) is 0 Å². The Labute approximate surface area is 196 Å². The zero-order chi connectivity index (χ0) is 24.5. The first-order chi connectivity index (χ1) is 16.2. The Kier molecular flexibility index (Phi) is 6.36. The molecule has 0 bridgehead atoms. The minimum atomic E-state index is -3.78. The number of nitrogens with zero attached hydrogens (tertiary/aromatic N) is 2. The molecule has 0 saturated carbocycles. The van der Waals surface area contributed by atoms with Crippen molar-refractivity contribution < 1.29 is 32.0 Å². The van der Waals surface area contributed by atoms with Crippen molar-refractivity contribution in [3.8, 4) is 0 Å².